The van der Waals surface area contributed by atoms with E-state index in [0.29, 0.717) is 0 Å². The van der Waals surface area contributed by atoms with Crippen molar-refractivity contribution in [3.05, 3.63) is 54.1 Å². The monoisotopic (exact) mass is 491 g/mol. The number of aliphatic carboxylic acids is 1. The first-order valence-corrected chi connectivity index (χ1v) is 12.1. The number of benzene rings is 1. The van der Waals surface area contributed by atoms with Gasteiger partial charge in [-0.2, -0.15) is 4.31 Å². The molecule has 10 nitrogen and oxygen atoms in total. The number of sulfonamides is 1. The van der Waals surface area contributed by atoms with Crippen LogP contribution in [0.3, 0.4) is 0 Å². The van der Waals surface area contributed by atoms with Gasteiger partial charge in [0.05, 0.1) is 4.90 Å². The number of ether oxygens (including phenoxy) is 1. The number of rotatable bonds is 8. The minimum absolute atomic E-state index is 0.0125. The average molecular weight is 492 g/mol. The lowest BCUT2D eigenvalue weighted by molar-refractivity contribution is -0.155. The number of nitrogens with zero attached hydrogens (tertiary/aromatic N) is 3. The highest BCUT2D eigenvalue weighted by Gasteiger charge is 2.49. The van der Waals surface area contributed by atoms with Crippen molar-refractivity contribution >= 4 is 28.0 Å². The molecule has 3 unspecified atom stereocenters. The van der Waals surface area contributed by atoms with Crippen LogP contribution >= 0.6 is 0 Å². The molecule has 0 saturated carbocycles. The Labute approximate surface area is 199 Å². The Balaban J connectivity index is 1.68. The average Bonchev–Trinajstić information content (AvgIpc) is 2.78. The molecular weight excluding hydrogens is 462 g/mol. The van der Waals surface area contributed by atoms with Gasteiger partial charge in [0.15, 0.2) is 0 Å². The van der Waals surface area contributed by atoms with Gasteiger partial charge in [0.25, 0.3) is 0 Å². The normalized spacial score (nSPS) is 24.1. The highest BCUT2D eigenvalue weighted by Crippen LogP contribution is 2.36. The highest BCUT2D eigenvalue weighted by molar-refractivity contribution is 7.89. The first-order chi connectivity index (χ1) is 15.9. The molecule has 3 atom stereocenters. The van der Waals surface area contributed by atoms with E-state index in [2.05, 4.69) is 0 Å². The molecule has 1 fully saturated rings. The zero-order valence-corrected chi connectivity index (χ0v) is 20.4. The van der Waals surface area contributed by atoms with Gasteiger partial charge in [0.2, 0.25) is 15.9 Å². The van der Waals surface area contributed by atoms with Gasteiger partial charge in [0.1, 0.15) is 17.6 Å². The lowest BCUT2D eigenvalue weighted by Gasteiger charge is -2.44. The zero-order valence-electron chi connectivity index (χ0n) is 19.5. The Morgan fingerprint density at radius 1 is 1.18 bits per heavy atom. The minimum Gasteiger partial charge on any atom is -0.480 e. The minimum atomic E-state index is -3.85. The summed E-state index contributed by atoms with van der Waals surface area (Å²) in [4.78, 5) is 39.8. The van der Waals surface area contributed by atoms with Crippen molar-refractivity contribution in [2.24, 2.45) is 5.41 Å². The molecule has 1 heterocycles. The van der Waals surface area contributed by atoms with Crippen molar-refractivity contribution in [1.82, 2.24) is 14.1 Å². The Morgan fingerprint density at radius 2 is 1.82 bits per heavy atom. The molecule has 0 bridgehead atoms. The van der Waals surface area contributed by atoms with Gasteiger partial charge in [-0.3, -0.25) is 9.59 Å². The van der Waals surface area contributed by atoms with Gasteiger partial charge in [0, 0.05) is 34.2 Å². The lowest BCUT2D eigenvalue weighted by Crippen LogP contribution is -2.64. The fourth-order valence-electron chi connectivity index (χ4n) is 3.85. The summed E-state index contributed by atoms with van der Waals surface area (Å²) < 4.78 is 32.2. The molecule has 1 aliphatic carbocycles. The first-order valence-electron chi connectivity index (χ1n) is 10.7. The number of carbonyl (C=O) groups is 3. The molecule has 1 aliphatic heterocycles. The van der Waals surface area contributed by atoms with Gasteiger partial charge in [-0.1, -0.05) is 35.9 Å². The maximum Gasteiger partial charge on any atom is 0.409 e. The molecule has 2 amide bonds. The Kier molecular flexibility index (Phi) is 7.18. The summed E-state index contributed by atoms with van der Waals surface area (Å²) in [6.07, 6.45) is 4.37. The van der Waals surface area contributed by atoms with E-state index in [9.17, 15) is 27.9 Å². The van der Waals surface area contributed by atoms with Crippen molar-refractivity contribution in [2.75, 3.05) is 34.2 Å². The molecule has 34 heavy (non-hydrogen) atoms. The van der Waals surface area contributed by atoms with E-state index in [0.717, 1.165) is 9.87 Å². The molecule has 0 spiro atoms. The number of allylic oxidation sites excluding steroid dienone is 2. The van der Waals surface area contributed by atoms with Crippen LogP contribution in [0.5, 0.6) is 0 Å². The summed E-state index contributed by atoms with van der Waals surface area (Å²) in [6.45, 7) is 2.05. The molecule has 0 aromatic heterocycles. The number of carboxylic acid groups (broad SMARTS) is 1. The summed E-state index contributed by atoms with van der Waals surface area (Å²) in [5, 5.41) is 9.99. The second kappa shape index (κ2) is 9.59. The predicted molar refractivity (Wildman–Crippen MR) is 123 cm³/mol. The molecule has 184 valence electrons. The van der Waals surface area contributed by atoms with Gasteiger partial charge >= 0.3 is 12.1 Å². The number of likely N-dealkylation sites (N-methyl/N-ethyl adjacent to an activating group) is 1. The third-order valence-electron chi connectivity index (χ3n) is 6.21. The Bertz CT molecular complexity index is 1130. The first kappa shape index (κ1) is 25.4. The summed E-state index contributed by atoms with van der Waals surface area (Å²) in [7, 11) is 0.493. The molecule has 1 aromatic rings. The van der Waals surface area contributed by atoms with E-state index in [1.54, 1.807) is 24.3 Å². The summed E-state index contributed by atoms with van der Waals surface area (Å²) in [6, 6.07) is 5.50. The van der Waals surface area contributed by atoms with Crippen LogP contribution in [0.1, 0.15) is 12.0 Å². The third kappa shape index (κ3) is 4.71. The van der Waals surface area contributed by atoms with Crippen LogP contribution in [0, 0.1) is 12.3 Å². The fourth-order valence-corrected chi connectivity index (χ4v) is 5.16. The largest absolute Gasteiger partial charge is 0.480 e. The number of hydrogen-bond acceptors (Lipinski definition) is 6. The second-order valence-corrected chi connectivity index (χ2v) is 10.7. The van der Waals surface area contributed by atoms with Crippen molar-refractivity contribution in [1.29, 1.82) is 0 Å². The van der Waals surface area contributed by atoms with Crippen molar-refractivity contribution < 1.29 is 32.6 Å². The molecule has 11 heteroatoms. The maximum atomic E-state index is 12.9. The molecule has 1 N–H and O–H groups in total. The van der Waals surface area contributed by atoms with E-state index in [-0.39, 0.29) is 24.4 Å². The molecule has 3 rings (SSSR count). The smallest absolute Gasteiger partial charge is 0.409 e. The number of aryl methyl sites for hydroxylation is 1. The van der Waals surface area contributed by atoms with Crippen molar-refractivity contribution in [3.8, 4) is 0 Å². The van der Waals surface area contributed by atoms with Gasteiger partial charge < -0.3 is 19.6 Å². The molecule has 0 radical (unpaired) electrons. The molecule has 1 aromatic carbocycles. The predicted octanol–water partition coefficient (Wildman–Crippen LogP) is 1.48. The van der Waals surface area contributed by atoms with Crippen LogP contribution in [-0.4, -0.2) is 92.0 Å². The second-order valence-electron chi connectivity index (χ2n) is 8.67. The van der Waals surface area contributed by atoms with Crippen LogP contribution in [0.25, 0.3) is 0 Å². The third-order valence-corrected chi connectivity index (χ3v) is 8.09. The lowest BCUT2D eigenvalue weighted by atomic mass is 9.76. The number of carboxylic acids is 1. The molecule has 1 saturated heterocycles. The molecule has 2 aliphatic rings. The van der Waals surface area contributed by atoms with E-state index < -0.39 is 45.6 Å². The highest BCUT2D eigenvalue weighted by atomic mass is 32.2. The molecular formula is C23H29N3O7S. The van der Waals surface area contributed by atoms with E-state index in [1.807, 2.05) is 6.92 Å². The summed E-state index contributed by atoms with van der Waals surface area (Å²) in [5.41, 5.74) is -0.632. The van der Waals surface area contributed by atoms with E-state index >= 15 is 0 Å². The van der Waals surface area contributed by atoms with E-state index in [4.69, 9.17) is 4.74 Å². The summed E-state index contributed by atoms with van der Waals surface area (Å²) in [5.74, 6) is -1.59. The summed E-state index contributed by atoms with van der Waals surface area (Å²) >= 11 is 0. The van der Waals surface area contributed by atoms with Gasteiger partial charge in [-0.05, 0) is 31.6 Å². The number of hydrogen-bond donors (Lipinski definition) is 1. The van der Waals surface area contributed by atoms with Crippen molar-refractivity contribution in [2.45, 2.75) is 30.4 Å². The maximum absolute atomic E-state index is 12.9. The zero-order chi connectivity index (χ0) is 25.3. The van der Waals surface area contributed by atoms with Crippen molar-refractivity contribution in [3.63, 3.8) is 0 Å². The van der Waals surface area contributed by atoms with E-state index in [1.165, 1.54) is 55.2 Å². The SMILES string of the molecule is Cc1ccc(S(=O)(=O)N(C)C2CN(CCC3(C(=O)O)C=CC=CC3OC(=O)N(C)C)C2=O)cc1. The quantitative estimate of drug-likeness (QED) is 0.546. The number of likely N-dealkylation sites (tertiary alicyclic amines) is 1. The number of carbonyl (C=O) groups excluding carboxylic acids is 2. The Morgan fingerprint density at radius 3 is 2.38 bits per heavy atom. The van der Waals surface area contributed by atoms with Crippen LogP contribution in [0.15, 0.2) is 53.5 Å². The Hall–Kier alpha value is -3.18. The number of β-lactam (4-membered cyclic amide) rings is 1. The topological polar surface area (TPSA) is 125 Å². The fraction of sp³-hybridized carbons (Fsp3) is 0.435. The van der Waals surface area contributed by atoms with Crippen LogP contribution in [-0.2, 0) is 24.3 Å². The standard InChI is InChI=1S/C23H29N3O7S/c1-16-8-10-17(11-9-16)34(31,32)25(4)18-15-26(20(18)27)14-13-23(21(28)29)12-6-5-7-19(23)33-22(30)24(2)3/h5-12,18-19H,13-15H2,1-4H3,(H,28,29). The van der Waals surface area contributed by atoms with Crippen LogP contribution in [0.4, 0.5) is 4.79 Å². The van der Waals surface area contributed by atoms with Gasteiger partial charge in [-0.15, -0.1) is 0 Å². The van der Waals surface area contributed by atoms with Crippen LogP contribution < -0.4 is 0 Å². The van der Waals surface area contributed by atoms with Gasteiger partial charge in [-0.25, -0.2) is 13.2 Å². The number of amides is 2. The van der Waals surface area contributed by atoms with Crippen LogP contribution in [0.2, 0.25) is 0 Å².